The first kappa shape index (κ1) is 14.3. The molecular weight excluding hydrogens is 232 g/mol. The van der Waals surface area contributed by atoms with E-state index in [4.69, 9.17) is 17.3 Å². The summed E-state index contributed by atoms with van der Waals surface area (Å²) in [6.45, 7) is 6.18. The summed E-state index contributed by atoms with van der Waals surface area (Å²) in [7, 11) is 0. The van der Waals surface area contributed by atoms with Crippen LogP contribution in [-0.4, -0.2) is 25.0 Å². The van der Waals surface area contributed by atoms with Crippen molar-refractivity contribution in [3.63, 3.8) is 0 Å². The van der Waals surface area contributed by atoms with Gasteiger partial charge in [0.05, 0.1) is 0 Å². The van der Waals surface area contributed by atoms with Gasteiger partial charge in [-0.25, -0.2) is 0 Å². The van der Waals surface area contributed by atoms with Crippen molar-refractivity contribution in [1.29, 1.82) is 0 Å². The molecule has 0 spiro atoms. The molecule has 0 radical (unpaired) electrons. The highest BCUT2D eigenvalue weighted by molar-refractivity contribution is 6.18. The van der Waals surface area contributed by atoms with Crippen LogP contribution < -0.4 is 10.6 Å². The van der Waals surface area contributed by atoms with E-state index in [-0.39, 0.29) is 6.04 Å². The average Bonchev–Trinajstić information content (AvgIpc) is 2.29. The second kappa shape index (κ2) is 7.57. The second-order valence-electron chi connectivity index (χ2n) is 4.52. The lowest BCUT2D eigenvalue weighted by molar-refractivity contribution is 0.737. The van der Waals surface area contributed by atoms with Gasteiger partial charge in [-0.1, -0.05) is 19.1 Å². The van der Waals surface area contributed by atoms with Crippen molar-refractivity contribution in [3.05, 3.63) is 29.8 Å². The Kier molecular flexibility index (Phi) is 6.38. The molecule has 17 heavy (non-hydrogen) atoms. The van der Waals surface area contributed by atoms with E-state index in [1.165, 1.54) is 11.3 Å². The van der Waals surface area contributed by atoms with Crippen LogP contribution in [0.15, 0.2) is 24.3 Å². The van der Waals surface area contributed by atoms with Crippen LogP contribution in [0.4, 0.5) is 5.69 Å². The Hall–Kier alpha value is -0.730. The molecule has 0 aliphatic carbocycles. The molecule has 1 rings (SSSR count). The van der Waals surface area contributed by atoms with Gasteiger partial charge in [0.2, 0.25) is 0 Å². The van der Waals surface area contributed by atoms with Crippen LogP contribution in [0.5, 0.6) is 0 Å². The summed E-state index contributed by atoms with van der Waals surface area (Å²) in [5, 5.41) is 0. The number of anilines is 1. The largest absolute Gasteiger partial charge is 0.370 e. The molecule has 96 valence electrons. The molecule has 0 heterocycles. The maximum Gasteiger partial charge on any atom is 0.0399 e. The zero-order valence-corrected chi connectivity index (χ0v) is 11.6. The zero-order chi connectivity index (χ0) is 12.7. The van der Waals surface area contributed by atoms with Gasteiger partial charge in [0.25, 0.3) is 0 Å². The molecule has 1 unspecified atom stereocenters. The predicted octanol–water partition coefficient (Wildman–Crippen LogP) is 3.03. The maximum atomic E-state index is 5.82. The lowest BCUT2D eigenvalue weighted by Crippen LogP contribution is -2.26. The number of hydrogen-bond donors (Lipinski definition) is 1. The van der Waals surface area contributed by atoms with Gasteiger partial charge >= 0.3 is 0 Å². The van der Waals surface area contributed by atoms with Crippen molar-refractivity contribution in [3.8, 4) is 0 Å². The Morgan fingerprint density at radius 1 is 1.24 bits per heavy atom. The standard InChI is InChI=1S/C14H23ClN2/c1-3-9-17(10-8-15)14-6-4-13(5-7-14)11-12(2)16/h4-7,12H,3,8-11,16H2,1-2H3. The lowest BCUT2D eigenvalue weighted by Gasteiger charge is -2.23. The molecule has 0 saturated heterocycles. The van der Waals surface area contributed by atoms with E-state index < -0.39 is 0 Å². The molecule has 0 saturated carbocycles. The van der Waals surface area contributed by atoms with Crippen LogP contribution in [-0.2, 0) is 6.42 Å². The fourth-order valence-corrected chi connectivity index (χ4v) is 2.16. The summed E-state index contributed by atoms with van der Waals surface area (Å²) in [5.41, 5.74) is 8.34. The van der Waals surface area contributed by atoms with Crippen LogP contribution in [0.1, 0.15) is 25.8 Å². The number of halogens is 1. The smallest absolute Gasteiger partial charge is 0.0399 e. The van der Waals surface area contributed by atoms with Gasteiger partial charge in [-0.3, -0.25) is 0 Å². The van der Waals surface area contributed by atoms with Crippen molar-refractivity contribution in [2.45, 2.75) is 32.7 Å². The van der Waals surface area contributed by atoms with Gasteiger partial charge in [-0.05, 0) is 37.5 Å². The predicted molar refractivity (Wildman–Crippen MR) is 77.0 cm³/mol. The van der Waals surface area contributed by atoms with Crippen molar-refractivity contribution in [2.24, 2.45) is 5.73 Å². The van der Waals surface area contributed by atoms with Gasteiger partial charge in [-0.15, -0.1) is 11.6 Å². The number of alkyl halides is 1. The Morgan fingerprint density at radius 2 is 1.88 bits per heavy atom. The molecule has 0 fully saturated rings. The van der Waals surface area contributed by atoms with Gasteiger partial charge in [0.15, 0.2) is 0 Å². The van der Waals surface area contributed by atoms with Crippen LogP contribution >= 0.6 is 11.6 Å². The quantitative estimate of drug-likeness (QED) is 0.758. The molecule has 0 aliphatic rings. The monoisotopic (exact) mass is 254 g/mol. The minimum atomic E-state index is 0.218. The van der Waals surface area contributed by atoms with Gasteiger partial charge in [0.1, 0.15) is 0 Å². The number of hydrogen-bond acceptors (Lipinski definition) is 2. The van der Waals surface area contributed by atoms with Crippen molar-refractivity contribution in [1.82, 2.24) is 0 Å². The highest BCUT2D eigenvalue weighted by Crippen LogP contribution is 2.16. The Bertz CT molecular complexity index is 303. The second-order valence-corrected chi connectivity index (χ2v) is 4.90. The molecule has 0 aromatic heterocycles. The van der Waals surface area contributed by atoms with E-state index in [1.54, 1.807) is 0 Å². The van der Waals surface area contributed by atoms with E-state index in [1.807, 2.05) is 6.92 Å². The van der Waals surface area contributed by atoms with E-state index >= 15 is 0 Å². The normalized spacial score (nSPS) is 12.5. The van der Waals surface area contributed by atoms with E-state index in [0.717, 1.165) is 25.9 Å². The van der Waals surface area contributed by atoms with Gasteiger partial charge < -0.3 is 10.6 Å². The molecule has 0 amide bonds. The Morgan fingerprint density at radius 3 is 2.35 bits per heavy atom. The fourth-order valence-electron chi connectivity index (χ4n) is 1.96. The van der Waals surface area contributed by atoms with Crippen LogP contribution in [0, 0.1) is 0 Å². The molecule has 1 aromatic carbocycles. The third-order valence-corrected chi connectivity index (χ3v) is 2.88. The van der Waals surface area contributed by atoms with E-state index in [9.17, 15) is 0 Å². The summed E-state index contributed by atoms with van der Waals surface area (Å²) in [4.78, 5) is 2.32. The fraction of sp³-hybridized carbons (Fsp3) is 0.571. The molecule has 0 aliphatic heterocycles. The zero-order valence-electron chi connectivity index (χ0n) is 10.8. The lowest BCUT2D eigenvalue weighted by atomic mass is 10.1. The van der Waals surface area contributed by atoms with E-state index in [0.29, 0.717) is 5.88 Å². The Balaban J connectivity index is 2.69. The first-order valence-electron chi connectivity index (χ1n) is 6.32. The topological polar surface area (TPSA) is 29.3 Å². The van der Waals surface area contributed by atoms with Crippen LogP contribution in [0.3, 0.4) is 0 Å². The molecule has 1 aromatic rings. The van der Waals surface area contributed by atoms with Crippen molar-refractivity contribution in [2.75, 3.05) is 23.9 Å². The third kappa shape index (κ3) is 4.97. The Labute approximate surface area is 110 Å². The summed E-state index contributed by atoms with van der Waals surface area (Å²) in [6.07, 6.45) is 2.07. The highest BCUT2D eigenvalue weighted by Gasteiger charge is 2.05. The molecule has 2 nitrogen and oxygen atoms in total. The molecular formula is C14H23ClN2. The summed E-state index contributed by atoms with van der Waals surface area (Å²) in [6, 6.07) is 8.88. The number of rotatable bonds is 7. The summed E-state index contributed by atoms with van der Waals surface area (Å²) < 4.78 is 0. The SMILES string of the molecule is CCCN(CCCl)c1ccc(CC(C)N)cc1. The summed E-state index contributed by atoms with van der Waals surface area (Å²) >= 11 is 5.82. The van der Waals surface area contributed by atoms with Gasteiger partial charge in [-0.2, -0.15) is 0 Å². The number of nitrogens with zero attached hydrogens (tertiary/aromatic N) is 1. The van der Waals surface area contributed by atoms with E-state index in [2.05, 4.69) is 36.1 Å². The first-order valence-corrected chi connectivity index (χ1v) is 6.86. The van der Waals surface area contributed by atoms with Gasteiger partial charge in [0, 0.05) is 30.7 Å². The first-order chi connectivity index (χ1) is 8.17. The van der Waals surface area contributed by atoms with Crippen LogP contribution in [0.25, 0.3) is 0 Å². The maximum absolute atomic E-state index is 5.82. The average molecular weight is 255 g/mol. The number of benzene rings is 1. The minimum absolute atomic E-state index is 0.218. The number of nitrogens with two attached hydrogens (primary N) is 1. The van der Waals surface area contributed by atoms with Crippen molar-refractivity contribution < 1.29 is 0 Å². The molecule has 0 bridgehead atoms. The summed E-state index contributed by atoms with van der Waals surface area (Å²) in [5.74, 6) is 0.668. The molecule has 3 heteroatoms. The highest BCUT2D eigenvalue weighted by atomic mass is 35.5. The van der Waals surface area contributed by atoms with Crippen molar-refractivity contribution >= 4 is 17.3 Å². The minimum Gasteiger partial charge on any atom is -0.370 e. The third-order valence-electron chi connectivity index (χ3n) is 2.71. The molecule has 1 atom stereocenters. The van der Waals surface area contributed by atoms with Crippen LogP contribution in [0.2, 0.25) is 0 Å². The molecule has 2 N–H and O–H groups in total.